The van der Waals surface area contributed by atoms with Gasteiger partial charge in [-0.15, -0.1) is 11.3 Å². The lowest BCUT2D eigenvalue weighted by Crippen LogP contribution is -2.13. The summed E-state index contributed by atoms with van der Waals surface area (Å²) in [4.78, 5) is 20.1. The van der Waals surface area contributed by atoms with Crippen LogP contribution in [0.2, 0.25) is 0 Å². The van der Waals surface area contributed by atoms with E-state index in [2.05, 4.69) is 29.2 Å². The molecule has 0 aliphatic carbocycles. The number of pyridine rings is 1. The van der Waals surface area contributed by atoms with E-state index < -0.39 is 4.92 Å². The number of nitro groups is 1. The van der Waals surface area contributed by atoms with E-state index in [1.807, 2.05) is 31.4 Å². The quantitative estimate of drug-likeness (QED) is 0.244. The zero-order valence-electron chi connectivity index (χ0n) is 17.0. The van der Waals surface area contributed by atoms with E-state index in [-0.39, 0.29) is 5.69 Å². The van der Waals surface area contributed by atoms with E-state index in [1.165, 1.54) is 29.0 Å². The monoisotopic (exact) mass is 429 g/mol. The minimum absolute atomic E-state index is 0.0485. The highest BCUT2D eigenvalue weighted by molar-refractivity contribution is 7.07. The number of nitrogens with zero attached hydrogens (tertiary/aromatic N) is 5. The van der Waals surface area contributed by atoms with Crippen LogP contribution in [-0.4, -0.2) is 20.3 Å². The van der Waals surface area contributed by atoms with Gasteiger partial charge in [0, 0.05) is 29.3 Å². The Morgan fingerprint density at radius 3 is 2.48 bits per heavy atom. The van der Waals surface area contributed by atoms with Crippen LogP contribution in [0.15, 0.2) is 88.5 Å². The third-order valence-electron chi connectivity index (χ3n) is 4.65. The maximum atomic E-state index is 10.9. The Morgan fingerprint density at radius 1 is 1.10 bits per heavy atom. The van der Waals surface area contributed by atoms with E-state index >= 15 is 0 Å². The molecule has 2 heterocycles. The number of thiazole rings is 1. The smallest absolute Gasteiger partial charge is 0.262 e. The molecule has 0 aliphatic rings. The largest absolute Gasteiger partial charge is 0.269 e. The number of rotatable bonds is 5. The fourth-order valence-electron chi connectivity index (χ4n) is 2.96. The van der Waals surface area contributed by atoms with Crippen molar-refractivity contribution < 1.29 is 4.92 Å². The van der Waals surface area contributed by atoms with E-state index in [0.29, 0.717) is 10.5 Å². The van der Waals surface area contributed by atoms with Gasteiger partial charge in [-0.05, 0) is 43.7 Å². The molecule has 4 aromatic rings. The van der Waals surface area contributed by atoms with Crippen LogP contribution in [0.5, 0.6) is 0 Å². The van der Waals surface area contributed by atoms with Crippen molar-refractivity contribution in [1.29, 1.82) is 0 Å². The predicted molar refractivity (Wildman–Crippen MR) is 123 cm³/mol. The molecule has 0 radical (unpaired) electrons. The van der Waals surface area contributed by atoms with Crippen molar-refractivity contribution in [3.05, 3.63) is 104 Å². The van der Waals surface area contributed by atoms with Gasteiger partial charge in [0.2, 0.25) is 4.80 Å². The van der Waals surface area contributed by atoms with Gasteiger partial charge in [-0.25, -0.2) is 9.67 Å². The molecule has 0 amide bonds. The lowest BCUT2D eigenvalue weighted by atomic mass is 10.1. The molecule has 8 heteroatoms. The first-order valence-corrected chi connectivity index (χ1v) is 10.4. The number of hydrogen-bond acceptors (Lipinski definition) is 6. The SMILES string of the molecule is CC(=Nn1c(-c2ccc(C)cc2)csc1=Nc1cccnc1)c1ccc([N+](=O)[O-])cc1. The van der Waals surface area contributed by atoms with Crippen LogP contribution >= 0.6 is 11.3 Å². The molecule has 31 heavy (non-hydrogen) atoms. The molecule has 2 aromatic carbocycles. The van der Waals surface area contributed by atoms with E-state index in [9.17, 15) is 10.1 Å². The predicted octanol–water partition coefficient (Wildman–Crippen LogP) is 5.33. The first-order chi connectivity index (χ1) is 15.0. The Bertz CT molecular complexity index is 1300. The lowest BCUT2D eigenvalue weighted by Gasteiger charge is -2.07. The van der Waals surface area contributed by atoms with Crippen molar-refractivity contribution in [3.63, 3.8) is 0 Å². The van der Waals surface area contributed by atoms with E-state index in [0.717, 1.165) is 22.5 Å². The Morgan fingerprint density at radius 2 is 1.84 bits per heavy atom. The maximum absolute atomic E-state index is 10.9. The van der Waals surface area contributed by atoms with Gasteiger partial charge in [-0.3, -0.25) is 15.1 Å². The minimum Gasteiger partial charge on any atom is -0.262 e. The van der Waals surface area contributed by atoms with Crippen molar-refractivity contribution >= 4 is 28.4 Å². The number of non-ortho nitro benzene ring substituents is 1. The molecule has 0 N–H and O–H groups in total. The highest BCUT2D eigenvalue weighted by atomic mass is 32.1. The second-order valence-corrected chi connectivity index (χ2v) is 7.73. The summed E-state index contributed by atoms with van der Waals surface area (Å²) in [5.41, 5.74) is 5.41. The third kappa shape index (κ3) is 4.65. The van der Waals surface area contributed by atoms with Crippen LogP contribution in [0, 0.1) is 17.0 Å². The van der Waals surface area contributed by atoms with Gasteiger partial charge in [0.25, 0.3) is 5.69 Å². The molecule has 154 valence electrons. The van der Waals surface area contributed by atoms with Gasteiger partial charge in [-0.2, -0.15) is 5.10 Å². The molecular weight excluding hydrogens is 410 g/mol. The van der Waals surface area contributed by atoms with Gasteiger partial charge in [0.05, 0.1) is 28.2 Å². The van der Waals surface area contributed by atoms with Crippen molar-refractivity contribution in [2.24, 2.45) is 10.1 Å². The topological polar surface area (TPSA) is 85.7 Å². The first-order valence-electron chi connectivity index (χ1n) is 9.54. The summed E-state index contributed by atoms with van der Waals surface area (Å²) in [6.45, 7) is 3.92. The molecule has 0 aliphatic heterocycles. The number of aryl methyl sites for hydroxylation is 1. The number of nitro benzene ring substituents is 1. The minimum atomic E-state index is -0.412. The number of hydrogen-bond donors (Lipinski definition) is 0. The van der Waals surface area contributed by atoms with Crippen molar-refractivity contribution in [1.82, 2.24) is 9.66 Å². The van der Waals surface area contributed by atoms with Crippen LogP contribution in [0.3, 0.4) is 0 Å². The zero-order valence-corrected chi connectivity index (χ0v) is 17.8. The first kappa shape index (κ1) is 20.4. The lowest BCUT2D eigenvalue weighted by molar-refractivity contribution is -0.384. The normalized spacial score (nSPS) is 12.2. The fraction of sp³-hybridized carbons (Fsp3) is 0.0870. The van der Waals surface area contributed by atoms with Gasteiger partial charge in [0.15, 0.2) is 0 Å². The number of aromatic nitrogens is 2. The standard InChI is InChI=1S/C23H19N5O2S/c1-16-5-7-19(8-6-16)22-15-31-23(25-20-4-3-13-24-14-20)27(22)26-17(2)18-9-11-21(12-10-18)28(29)30/h3-15H,1-2H3. The molecule has 0 atom stereocenters. The molecule has 0 fully saturated rings. The van der Waals surface area contributed by atoms with Gasteiger partial charge < -0.3 is 0 Å². The third-order valence-corrected chi connectivity index (χ3v) is 5.47. The summed E-state index contributed by atoms with van der Waals surface area (Å²) >= 11 is 1.49. The molecule has 4 rings (SSSR count). The second-order valence-electron chi connectivity index (χ2n) is 6.89. The summed E-state index contributed by atoms with van der Waals surface area (Å²) in [5.74, 6) is 0. The van der Waals surface area contributed by atoms with E-state index in [4.69, 9.17) is 10.1 Å². The van der Waals surface area contributed by atoms with Crippen LogP contribution in [-0.2, 0) is 0 Å². The maximum Gasteiger partial charge on any atom is 0.269 e. The molecular formula is C23H19N5O2S. The molecule has 2 aromatic heterocycles. The summed E-state index contributed by atoms with van der Waals surface area (Å²) in [5, 5.41) is 17.8. The zero-order chi connectivity index (χ0) is 21.8. The Kier molecular flexibility index (Phi) is 5.81. The molecule has 0 spiro atoms. The second kappa shape index (κ2) is 8.85. The molecule has 0 unspecified atom stereocenters. The van der Waals surface area contributed by atoms with Crippen LogP contribution in [0.25, 0.3) is 11.3 Å². The summed E-state index contributed by atoms with van der Waals surface area (Å²) in [7, 11) is 0. The molecule has 7 nitrogen and oxygen atoms in total. The van der Waals surface area contributed by atoms with Crippen LogP contribution in [0.4, 0.5) is 11.4 Å². The van der Waals surface area contributed by atoms with Crippen LogP contribution in [0.1, 0.15) is 18.1 Å². The fourth-order valence-corrected chi connectivity index (χ4v) is 3.81. The van der Waals surface area contributed by atoms with Crippen molar-refractivity contribution in [3.8, 4) is 11.3 Å². The summed E-state index contributed by atoms with van der Waals surface area (Å²) in [6, 6.07) is 18.3. The highest BCUT2D eigenvalue weighted by Crippen LogP contribution is 2.22. The summed E-state index contributed by atoms with van der Waals surface area (Å²) < 4.78 is 1.80. The number of benzene rings is 2. The van der Waals surface area contributed by atoms with Crippen molar-refractivity contribution in [2.45, 2.75) is 13.8 Å². The van der Waals surface area contributed by atoms with Crippen LogP contribution < -0.4 is 4.80 Å². The van der Waals surface area contributed by atoms with Gasteiger partial charge >= 0.3 is 0 Å². The summed E-state index contributed by atoms with van der Waals surface area (Å²) in [6.07, 6.45) is 3.40. The Balaban J connectivity index is 1.84. The van der Waals surface area contributed by atoms with Gasteiger partial charge in [0.1, 0.15) is 0 Å². The molecule has 0 bridgehead atoms. The highest BCUT2D eigenvalue weighted by Gasteiger charge is 2.10. The van der Waals surface area contributed by atoms with Gasteiger partial charge in [-0.1, -0.05) is 29.8 Å². The van der Waals surface area contributed by atoms with Crippen molar-refractivity contribution in [2.75, 3.05) is 0 Å². The molecule has 0 saturated heterocycles. The molecule has 0 saturated carbocycles. The Hall–Kier alpha value is -3.91. The Labute approximate surface area is 182 Å². The average Bonchev–Trinajstić information content (AvgIpc) is 3.17. The average molecular weight is 430 g/mol. The van der Waals surface area contributed by atoms with E-state index in [1.54, 1.807) is 29.2 Å².